The third-order valence-corrected chi connectivity index (χ3v) is 9.24. The quantitative estimate of drug-likeness (QED) is 0.583. The van der Waals surface area contributed by atoms with Gasteiger partial charge in [-0.3, -0.25) is 0 Å². The van der Waals surface area contributed by atoms with E-state index in [1.54, 1.807) is 4.90 Å². The van der Waals surface area contributed by atoms with Gasteiger partial charge < -0.3 is 29.4 Å². The molecule has 4 aliphatic heterocycles. The summed E-state index contributed by atoms with van der Waals surface area (Å²) in [6, 6.07) is 1.72. The summed E-state index contributed by atoms with van der Waals surface area (Å²) in [6.45, 7) is 23.5. The van der Waals surface area contributed by atoms with Crippen molar-refractivity contribution < 1.29 is 9.59 Å². The largest absolute Gasteiger partial charge is 0.331 e. The molecular weight excluding hydrogens is 452 g/mol. The van der Waals surface area contributed by atoms with Crippen LogP contribution in [0, 0.1) is 10.8 Å². The van der Waals surface area contributed by atoms with E-state index in [1.165, 1.54) is 51.9 Å². The van der Waals surface area contributed by atoms with Crippen LogP contribution >= 0.6 is 0 Å². The van der Waals surface area contributed by atoms with E-state index >= 15 is 0 Å². The molecule has 4 rings (SSSR count). The summed E-state index contributed by atoms with van der Waals surface area (Å²) < 4.78 is 0. The fourth-order valence-corrected chi connectivity index (χ4v) is 6.44. The minimum Gasteiger partial charge on any atom is -0.331 e. The Kier molecular flexibility index (Phi) is 9.58. The van der Waals surface area contributed by atoms with Crippen LogP contribution < -0.4 is 0 Å². The van der Waals surface area contributed by atoms with Crippen molar-refractivity contribution in [3.63, 3.8) is 0 Å². The number of urea groups is 2. The third-order valence-electron chi connectivity index (χ3n) is 9.24. The molecule has 8 heteroatoms. The molecule has 4 fully saturated rings. The first-order valence-electron chi connectivity index (χ1n) is 14.4. The highest BCUT2D eigenvalue weighted by molar-refractivity contribution is 5.75. The van der Waals surface area contributed by atoms with Crippen LogP contribution in [-0.4, -0.2) is 133 Å². The maximum absolute atomic E-state index is 12.2. The molecule has 0 aromatic carbocycles. The predicted octanol–water partition coefficient (Wildman–Crippen LogP) is 3.73. The molecule has 0 N–H and O–H groups in total. The molecule has 4 saturated heterocycles. The van der Waals surface area contributed by atoms with Gasteiger partial charge in [-0.2, -0.15) is 0 Å². The molecule has 36 heavy (non-hydrogen) atoms. The maximum Gasteiger partial charge on any atom is 0.320 e. The average Bonchev–Trinajstić information content (AvgIpc) is 2.81. The van der Waals surface area contributed by atoms with Crippen molar-refractivity contribution in [2.75, 3.05) is 79.5 Å². The van der Waals surface area contributed by atoms with Crippen LogP contribution in [0.1, 0.15) is 67.2 Å². The Morgan fingerprint density at radius 2 is 1.00 bits per heavy atom. The first-order valence-corrected chi connectivity index (χ1v) is 14.4. The molecular formula is C28H54N6O2. The van der Waals surface area contributed by atoms with E-state index in [2.05, 4.69) is 51.3 Å². The van der Waals surface area contributed by atoms with Crippen molar-refractivity contribution in [1.29, 1.82) is 0 Å². The topological polar surface area (TPSA) is 53.6 Å². The van der Waals surface area contributed by atoms with E-state index in [4.69, 9.17) is 0 Å². The second kappa shape index (κ2) is 11.9. The summed E-state index contributed by atoms with van der Waals surface area (Å²) in [4.78, 5) is 36.7. The second-order valence-electron chi connectivity index (χ2n) is 12.6. The minimum atomic E-state index is 0.168. The highest BCUT2D eigenvalue weighted by Crippen LogP contribution is 2.42. The number of hydrogen-bond acceptors (Lipinski definition) is 4. The Labute approximate surface area is 220 Å². The van der Waals surface area contributed by atoms with E-state index in [0.717, 1.165) is 39.3 Å². The summed E-state index contributed by atoms with van der Waals surface area (Å²) in [5, 5.41) is 0. The minimum absolute atomic E-state index is 0.168. The lowest BCUT2D eigenvalue weighted by atomic mass is 9.72. The maximum atomic E-state index is 12.2. The van der Waals surface area contributed by atoms with Crippen LogP contribution in [0.15, 0.2) is 0 Å². The predicted molar refractivity (Wildman–Crippen MR) is 147 cm³/mol. The Hall–Kier alpha value is -1.54. The Bertz CT molecular complexity index is 718. The molecule has 4 aliphatic rings. The van der Waals surface area contributed by atoms with Gasteiger partial charge in [0.25, 0.3) is 0 Å². The molecule has 0 atom stereocenters. The Balaban J connectivity index is 0.000000202. The zero-order valence-electron chi connectivity index (χ0n) is 24.6. The molecule has 0 unspecified atom stereocenters. The van der Waals surface area contributed by atoms with E-state index in [9.17, 15) is 9.59 Å². The molecule has 0 aromatic heterocycles. The fourth-order valence-electron chi connectivity index (χ4n) is 6.44. The van der Waals surface area contributed by atoms with Crippen molar-refractivity contribution in [3.8, 4) is 0 Å². The summed E-state index contributed by atoms with van der Waals surface area (Å²) in [7, 11) is 3.66. The normalized spacial score (nSPS) is 23.3. The molecule has 0 radical (unpaired) electrons. The summed E-state index contributed by atoms with van der Waals surface area (Å²) in [6.07, 6.45) is 5.02. The lowest BCUT2D eigenvalue weighted by Gasteiger charge is -2.55. The van der Waals surface area contributed by atoms with Crippen LogP contribution in [0.4, 0.5) is 9.59 Å². The van der Waals surface area contributed by atoms with Crippen LogP contribution in [-0.2, 0) is 0 Å². The molecule has 0 bridgehead atoms. The van der Waals surface area contributed by atoms with Gasteiger partial charge in [-0.05, 0) is 93.4 Å². The monoisotopic (exact) mass is 506 g/mol. The molecule has 4 heterocycles. The number of rotatable bonds is 4. The lowest BCUT2D eigenvalue weighted by molar-refractivity contribution is -0.0345. The van der Waals surface area contributed by atoms with E-state index in [-0.39, 0.29) is 12.1 Å². The van der Waals surface area contributed by atoms with Crippen molar-refractivity contribution in [2.24, 2.45) is 10.8 Å². The van der Waals surface area contributed by atoms with Crippen LogP contribution in [0.2, 0.25) is 0 Å². The van der Waals surface area contributed by atoms with Crippen molar-refractivity contribution in [1.82, 2.24) is 29.4 Å². The van der Waals surface area contributed by atoms with Gasteiger partial charge in [-0.25, -0.2) is 9.59 Å². The first-order chi connectivity index (χ1) is 16.9. The van der Waals surface area contributed by atoms with Gasteiger partial charge in [0, 0.05) is 76.3 Å². The number of likely N-dealkylation sites (tertiary alicyclic amines) is 4. The van der Waals surface area contributed by atoms with Crippen molar-refractivity contribution in [2.45, 2.75) is 79.3 Å². The van der Waals surface area contributed by atoms with Gasteiger partial charge in [0.15, 0.2) is 0 Å². The molecule has 2 spiro atoms. The number of carbonyl (C=O) groups excluding carboxylic acids is 2. The van der Waals surface area contributed by atoms with Crippen LogP contribution in [0.5, 0.6) is 0 Å². The molecule has 0 aromatic rings. The zero-order valence-corrected chi connectivity index (χ0v) is 24.6. The molecule has 208 valence electrons. The summed E-state index contributed by atoms with van der Waals surface area (Å²) in [5.74, 6) is 0. The second-order valence-corrected chi connectivity index (χ2v) is 12.6. The average molecular weight is 507 g/mol. The SMILES string of the molecule is CC(C)N1CCC2(CC1)CN(C(=O)N(C)C)C2.CCN(CC)C(=O)N1CC2(CCN(C(C)C)CC2)C1. The van der Waals surface area contributed by atoms with Gasteiger partial charge in [-0.15, -0.1) is 0 Å². The summed E-state index contributed by atoms with van der Waals surface area (Å²) in [5.41, 5.74) is 0.880. The van der Waals surface area contributed by atoms with Gasteiger partial charge in [0.05, 0.1) is 0 Å². The Morgan fingerprint density at radius 1 is 0.667 bits per heavy atom. The van der Waals surface area contributed by atoms with Crippen LogP contribution in [0.3, 0.4) is 0 Å². The van der Waals surface area contributed by atoms with Crippen molar-refractivity contribution >= 4 is 12.1 Å². The molecule has 0 saturated carbocycles. The van der Waals surface area contributed by atoms with Gasteiger partial charge in [0.2, 0.25) is 0 Å². The van der Waals surface area contributed by atoms with E-state index in [1.807, 2.05) is 28.8 Å². The number of nitrogens with zero attached hydrogens (tertiary/aromatic N) is 6. The third kappa shape index (κ3) is 6.47. The lowest BCUT2D eigenvalue weighted by Crippen LogP contribution is -2.64. The highest BCUT2D eigenvalue weighted by Gasteiger charge is 2.48. The fraction of sp³-hybridized carbons (Fsp3) is 0.929. The van der Waals surface area contributed by atoms with Crippen LogP contribution in [0.25, 0.3) is 0 Å². The Morgan fingerprint density at radius 3 is 1.28 bits per heavy atom. The molecule has 4 amide bonds. The van der Waals surface area contributed by atoms with E-state index < -0.39 is 0 Å². The number of carbonyl (C=O) groups is 2. The van der Waals surface area contributed by atoms with Crippen molar-refractivity contribution in [3.05, 3.63) is 0 Å². The molecule has 8 nitrogen and oxygen atoms in total. The zero-order chi connectivity index (χ0) is 26.7. The highest BCUT2D eigenvalue weighted by atomic mass is 16.2. The van der Waals surface area contributed by atoms with Gasteiger partial charge in [-0.1, -0.05) is 0 Å². The van der Waals surface area contributed by atoms with Gasteiger partial charge in [0.1, 0.15) is 0 Å². The first kappa shape index (κ1) is 29.0. The van der Waals surface area contributed by atoms with Gasteiger partial charge >= 0.3 is 12.1 Å². The summed E-state index contributed by atoms with van der Waals surface area (Å²) >= 11 is 0. The standard InChI is InChI=1S/C15H29N3O.C13H25N3O/c1-5-16(6-2)14(19)18-11-15(12-18)7-9-17(10-8-15)13(3)4;1-11(2)15-7-5-13(6-8-15)9-16(10-13)12(17)14(3)4/h13H,5-12H2,1-4H3;11H,5-10H2,1-4H3. The smallest absolute Gasteiger partial charge is 0.320 e. The number of hydrogen-bond donors (Lipinski definition) is 0. The number of amides is 4. The van der Waals surface area contributed by atoms with E-state index in [0.29, 0.717) is 22.9 Å². The number of piperidine rings is 2. The molecule has 0 aliphatic carbocycles.